The summed E-state index contributed by atoms with van der Waals surface area (Å²) in [7, 11) is 1.63. The molecule has 2 heterocycles. The van der Waals surface area contributed by atoms with Crippen LogP contribution in [0.2, 0.25) is 0 Å². The number of carboxylic acid groups (broad SMARTS) is 1. The summed E-state index contributed by atoms with van der Waals surface area (Å²) in [6.45, 7) is 3.62. The summed E-state index contributed by atoms with van der Waals surface area (Å²) < 4.78 is 6.22. The largest absolute Gasteiger partial charge is 0.477 e. The van der Waals surface area contributed by atoms with Crippen LogP contribution >= 0.6 is 22.7 Å². The standard InChI is InChI=1S/C17H14N2O3S2/c1-8-14(17(20)21)24-16(19-8)13-6-11-4-10(9(2)22-3)5-12(7-18)15(11)23-13/h4-6,9H,1-3H3,(H,20,21). The van der Waals surface area contributed by atoms with Gasteiger partial charge in [-0.2, -0.15) is 5.26 Å². The SMILES string of the molecule is COC(C)c1cc(C#N)c2sc(-c3nc(C)c(C(=O)O)s3)cc2c1. The monoisotopic (exact) mass is 358 g/mol. The van der Waals surface area contributed by atoms with Gasteiger partial charge in [0, 0.05) is 7.11 Å². The minimum absolute atomic E-state index is 0.106. The molecule has 1 atom stereocenters. The third-order valence-electron chi connectivity index (χ3n) is 3.78. The second kappa shape index (κ2) is 6.32. The van der Waals surface area contributed by atoms with E-state index in [9.17, 15) is 15.2 Å². The molecule has 1 aromatic carbocycles. The number of carboxylic acids is 1. The van der Waals surface area contributed by atoms with E-state index in [0.717, 1.165) is 31.9 Å². The molecule has 1 N–H and O–H groups in total. The molecule has 122 valence electrons. The highest BCUT2D eigenvalue weighted by molar-refractivity contribution is 7.26. The van der Waals surface area contributed by atoms with E-state index in [4.69, 9.17) is 4.74 Å². The van der Waals surface area contributed by atoms with Gasteiger partial charge in [0.1, 0.15) is 16.0 Å². The van der Waals surface area contributed by atoms with Crippen LogP contribution in [0, 0.1) is 18.3 Å². The van der Waals surface area contributed by atoms with Crippen LogP contribution in [0.25, 0.3) is 20.0 Å². The van der Waals surface area contributed by atoms with Crippen molar-refractivity contribution in [2.24, 2.45) is 0 Å². The first-order chi connectivity index (χ1) is 11.4. The average molecular weight is 358 g/mol. The zero-order valence-corrected chi connectivity index (χ0v) is 14.9. The van der Waals surface area contributed by atoms with Gasteiger partial charge in [0.05, 0.1) is 26.9 Å². The summed E-state index contributed by atoms with van der Waals surface area (Å²) in [4.78, 5) is 16.7. The fraction of sp³-hybridized carbons (Fsp3) is 0.235. The number of hydrogen-bond donors (Lipinski definition) is 1. The highest BCUT2D eigenvalue weighted by Gasteiger charge is 2.18. The molecule has 0 aliphatic rings. The molecule has 0 aliphatic heterocycles. The van der Waals surface area contributed by atoms with Gasteiger partial charge < -0.3 is 9.84 Å². The van der Waals surface area contributed by atoms with Gasteiger partial charge in [-0.15, -0.1) is 22.7 Å². The van der Waals surface area contributed by atoms with Crippen LogP contribution in [0.4, 0.5) is 0 Å². The number of aryl methyl sites for hydroxylation is 1. The number of aromatic nitrogens is 1. The zero-order chi connectivity index (χ0) is 17.4. The molecule has 2 aromatic heterocycles. The van der Waals surface area contributed by atoms with Crippen LogP contribution in [0.1, 0.15) is 39.5 Å². The van der Waals surface area contributed by atoms with Gasteiger partial charge in [0.2, 0.25) is 0 Å². The molecule has 0 bridgehead atoms. The zero-order valence-electron chi connectivity index (χ0n) is 13.3. The third kappa shape index (κ3) is 2.80. The number of benzene rings is 1. The van der Waals surface area contributed by atoms with Crippen LogP contribution in [-0.4, -0.2) is 23.2 Å². The number of aromatic carboxylic acids is 1. The first kappa shape index (κ1) is 16.6. The molecule has 3 rings (SSSR count). The normalized spacial score (nSPS) is 12.2. The number of fused-ring (bicyclic) bond motifs is 1. The lowest BCUT2D eigenvalue weighted by Gasteiger charge is -2.10. The Morgan fingerprint density at radius 3 is 2.71 bits per heavy atom. The van der Waals surface area contributed by atoms with Crippen molar-refractivity contribution < 1.29 is 14.6 Å². The number of rotatable bonds is 4. The summed E-state index contributed by atoms with van der Waals surface area (Å²) in [5.74, 6) is -0.966. The summed E-state index contributed by atoms with van der Waals surface area (Å²) in [6.07, 6.45) is -0.106. The molecular formula is C17H14N2O3S2. The maximum atomic E-state index is 11.2. The number of nitriles is 1. The van der Waals surface area contributed by atoms with Crippen molar-refractivity contribution in [2.75, 3.05) is 7.11 Å². The molecule has 5 nitrogen and oxygen atoms in total. The molecule has 0 radical (unpaired) electrons. The van der Waals surface area contributed by atoms with E-state index in [1.54, 1.807) is 14.0 Å². The summed E-state index contributed by atoms with van der Waals surface area (Å²) in [6, 6.07) is 8.03. The van der Waals surface area contributed by atoms with E-state index in [-0.39, 0.29) is 11.0 Å². The number of nitrogens with zero attached hydrogens (tertiary/aromatic N) is 2. The van der Waals surface area contributed by atoms with Crippen molar-refractivity contribution in [3.63, 3.8) is 0 Å². The summed E-state index contributed by atoms with van der Waals surface area (Å²) >= 11 is 2.61. The van der Waals surface area contributed by atoms with Crippen LogP contribution in [0.3, 0.4) is 0 Å². The van der Waals surface area contributed by atoms with Crippen molar-refractivity contribution in [1.82, 2.24) is 4.98 Å². The average Bonchev–Trinajstić information content (AvgIpc) is 3.16. The number of carbonyl (C=O) groups is 1. The Hall–Kier alpha value is -2.27. The molecule has 0 amide bonds. The van der Waals surface area contributed by atoms with Crippen molar-refractivity contribution in [2.45, 2.75) is 20.0 Å². The minimum atomic E-state index is -0.966. The summed E-state index contributed by atoms with van der Waals surface area (Å²) in [5, 5.41) is 20.2. The predicted molar refractivity (Wildman–Crippen MR) is 94.8 cm³/mol. The third-order valence-corrected chi connectivity index (χ3v) is 6.28. The fourth-order valence-electron chi connectivity index (χ4n) is 2.44. The lowest BCUT2D eigenvalue weighted by atomic mass is 10.0. The van der Waals surface area contributed by atoms with Crippen LogP contribution in [0.5, 0.6) is 0 Å². The maximum Gasteiger partial charge on any atom is 0.347 e. The lowest BCUT2D eigenvalue weighted by Crippen LogP contribution is -1.96. The smallest absolute Gasteiger partial charge is 0.347 e. The molecule has 0 saturated heterocycles. The number of thiazole rings is 1. The molecular weight excluding hydrogens is 344 g/mol. The molecule has 0 fully saturated rings. The van der Waals surface area contributed by atoms with Gasteiger partial charge in [-0.3, -0.25) is 0 Å². The van der Waals surface area contributed by atoms with E-state index >= 15 is 0 Å². The molecule has 7 heteroatoms. The Bertz CT molecular complexity index is 982. The fourth-order valence-corrected chi connectivity index (χ4v) is 4.49. The second-order valence-corrected chi connectivity index (χ2v) is 7.38. The summed E-state index contributed by atoms with van der Waals surface area (Å²) in [5.41, 5.74) is 2.04. The van der Waals surface area contributed by atoms with Gasteiger partial charge in [-0.1, -0.05) is 0 Å². The molecule has 0 spiro atoms. The quantitative estimate of drug-likeness (QED) is 0.736. The highest BCUT2D eigenvalue weighted by atomic mass is 32.1. The maximum absolute atomic E-state index is 11.2. The Morgan fingerprint density at radius 1 is 1.38 bits per heavy atom. The van der Waals surface area contributed by atoms with Gasteiger partial charge >= 0.3 is 5.97 Å². The van der Waals surface area contributed by atoms with Crippen molar-refractivity contribution in [1.29, 1.82) is 5.26 Å². The van der Waals surface area contributed by atoms with Gasteiger partial charge in [-0.25, -0.2) is 9.78 Å². The molecule has 3 aromatic rings. The topological polar surface area (TPSA) is 83.2 Å². The lowest BCUT2D eigenvalue weighted by molar-refractivity contribution is 0.0701. The minimum Gasteiger partial charge on any atom is -0.477 e. The van der Waals surface area contributed by atoms with Crippen LogP contribution < -0.4 is 0 Å². The van der Waals surface area contributed by atoms with Crippen molar-refractivity contribution in [3.05, 3.63) is 39.9 Å². The molecule has 24 heavy (non-hydrogen) atoms. The van der Waals surface area contributed by atoms with Crippen LogP contribution in [-0.2, 0) is 4.74 Å². The Kier molecular flexibility index (Phi) is 4.37. The van der Waals surface area contributed by atoms with E-state index in [1.807, 2.05) is 25.1 Å². The Labute approximate surface area is 146 Å². The van der Waals surface area contributed by atoms with Crippen molar-refractivity contribution >= 4 is 38.7 Å². The van der Waals surface area contributed by atoms with E-state index in [1.165, 1.54) is 11.3 Å². The predicted octanol–water partition coefficient (Wildman–Crippen LogP) is 4.61. The number of thiophene rings is 1. The second-order valence-electron chi connectivity index (χ2n) is 5.33. The van der Waals surface area contributed by atoms with Crippen LogP contribution in [0.15, 0.2) is 18.2 Å². The van der Waals surface area contributed by atoms with Gasteiger partial charge in [-0.05, 0) is 43.0 Å². The van der Waals surface area contributed by atoms with E-state index in [0.29, 0.717) is 16.3 Å². The van der Waals surface area contributed by atoms with E-state index in [2.05, 4.69) is 11.1 Å². The van der Waals surface area contributed by atoms with Crippen molar-refractivity contribution in [3.8, 4) is 16.0 Å². The first-order valence-electron chi connectivity index (χ1n) is 7.16. The Morgan fingerprint density at radius 2 is 2.12 bits per heavy atom. The number of methoxy groups -OCH3 is 1. The number of ether oxygens (including phenoxy) is 1. The highest BCUT2D eigenvalue weighted by Crippen LogP contribution is 2.39. The van der Waals surface area contributed by atoms with E-state index < -0.39 is 5.97 Å². The Balaban J connectivity index is 2.16. The molecule has 1 unspecified atom stereocenters. The molecule has 0 aliphatic carbocycles. The first-order valence-corrected chi connectivity index (χ1v) is 8.79. The van der Waals surface area contributed by atoms with Gasteiger partial charge in [0.25, 0.3) is 0 Å². The number of hydrogen-bond acceptors (Lipinski definition) is 6. The molecule has 0 saturated carbocycles. The van der Waals surface area contributed by atoms with Gasteiger partial charge in [0.15, 0.2) is 0 Å².